The summed E-state index contributed by atoms with van der Waals surface area (Å²) < 4.78 is 38.7. The Morgan fingerprint density at radius 3 is 2.54 bits per heavy atom. The lowest BCUT2D eigenvalue weighted by atomic mass is 10.0. The number of halogens is 3. The van der Waals surface area contributed by atoms with Gasteiger partial charge in [-0.15, -0.1) is 0 Å². The molecular weight excluding hydrogens is 483 g/mol. The summed E-state index contributed by atoms with van der Waals surface area (Å²) in [6, 6.07) is 8.75. The molecule has 0 saturated carbocycles. The van der Waals surface area contributed by atoms with Crippen LogP contribution in [0.4, 0.5) is 19.0 Å². The molecule has 0 atom stereocenters. The molecule has 194 valence electrons. The van der Waals surface area contributed by atoms with Crippen LogP contribution in [0.5, 0.6) is 0 Å². The maximum absolute atomic E-state index is 12.9. The highest BCUT2D eigenvalue weighted by atomic mass is 19.4. The highest BCUT2D eigenvalue weighted by molar-refractivity contribution is 6.04. The number of benzene rings is 1. The predicted molar refractivity (Wildman–Crippen MR) is 137 cm³/mol. The highest BCUT2D eigenvalue weighted by Crippen LogP contribution is 2.30. The lowest BCUT2D eigenvalue weighted by Gasteiger charge is -2.34. The van der Waals surface area contributed by atoms with Crippen LogP contribution in [-0.2, 0) is 17.4 Å². The quantitative estimate of drug-likeness (QED) is 0.542. The van der Waals surface area contributed by atoms with Gasteiger partial charge in [0.15, 0.2) is 0 Å². The number of hydrogen-bond donors (Lipinski definition) is 2. The summed E-state index contributed by atoms with van der Waals surface area (Å²) in [6.45, 7) is 6.42. The summed E-state index contributed by atoms with van der Waals surface area (Å²) in [5.74, 6) is -0.311. The van der Waals surface area contributed by atoms with Crippen LogP contribution in [0.15, 0.2) is 70.7 Å². The lowest BCUT2D eigenvalue weighted by Crippen LogP contribution is -2.41. The minimum atomic E-state index is -4.52. The molecule has 8 nitrogen and oxygen atoms in total. The van der Waals surface area contributed by atoms with E-state index in [1.165, 1.54) is 6.42 Å². The van der Waals surface area contributed by atoms with E-state index in [2.05, 4.69) is 31.9 Å². The standard InChI is InChI=1S/C26H28F3N7O/c1-31-23(24-25(30)33-11-14-36(24)17-35-12-3-2-4-13-35)19-7-5-18(6-8-19)15-22(37)34-21-16-20(9-10-32-21)26(27,28)29/h5-11,14,16H,1-4,12-13,15,17H2,(H2,30,33)(H,32,34,37)/b24-23-. The fraction of sp³-hybridized carbons (Fsp3) is 0.308. The van der Waals surface area contributed by atoms with Gasteiger partial charge in [0.25, 0.3) is 0 Å². The van der Waals surface area contributed by atoms with Crippen molar-refractivity contribution in [2.45, 2.75) is 31.9 Å². The van der Waals surface area contributed by atoms with Gasteiger partial charge in [0.2, 0.25) is 5.91 Å². The molecule has 4 rings (SSSR count). The van der Waals surface area contributed by atoms with Gasteiger partial charge in [-0.1, -0.05) is 30.7 Å². The van der Waals surface area contributed by atoms with E-state index >= 15 is 0 Å². The molecule has 1 saturated heterocycles. The number of amidine groups is 1. The predicted octanol–water partition coefficient (Wildman–Crippen LogP) is 4.24. The fourth-order valence-electron chi connectivity index (χ4n) is 4.30. The van der Waals surface area contributed by atoms with Crippen LogP contribution in [0.3, 0.4) is 0 Å². The maximum atomic E-state index is 12.9. The van der Waals surface area contributed by atoms with Crippen LogP contribution < -0.4 is 11.1 Å². The summed E-state index contributed by atoms with van der Waals surface area (Å²) in [5.41, 5.74) is 8.00. The number of likely N-dealkylation sites (tertiary alicyclic amines) is 1. The third kappa shape index (κ3) is 6.62. The molecule has 37 heavy (non-hydrogen) atoms. The number of alkyl halides is 3. The van der Waals surface area contributed by atoms with Gasteiger partial charge in [0.05, 0.1) is 24.4 Å². The average Bonchev–Trinajstić information content (AvgIpc) is 2.87. The minimum absolute atomic E-state index is 0.0426. The zero-order valence-corrected chi connectivity index (χ0v) is 20.2. The van der Waals surface area contributed by atoms with E-state index in [0.29, 0.717) is 29.5 Å². The van der Waals surface area contributed by atoms with E-state index in [-0.39, 0.29) is 12.2 Å². The number of pyridine rings is 1. The number of piperidine rings is 1. The third-order valence-corrected chi connectivity index (χ3v) is 6.12. The first-order valence-electron chi connectivity index (χ1n) is 11.9. The van der Waals surface area contributed by atoms with Gasteiger partial charge < -0.3 is 16.0 Å². The van der Waals surface area contributed by atoms with E-state index < -0.39 is 17.6 Å². The van der Waals surface area contributed by atoms with Crippen LogP contribution in [-0.4, -0.2) is 53.0 Å². The molecule has 3 heterocycles. The zero-order valence-electron chi connectivity index (χ0n) is 20.2. The molecule has 2 aliphatic heterocycles. The highest BCUT2D eigenvalue weighted by Gasteiger charge is 2.31. The van der Waals surface area contributed by atoms with Crippen molar-refractivity contribution in [1.29, 1.82) is 0 Å². The van der Waals surface area contributed by atoms with E-state index in [0.717, 1.165) is 49.8 Å². The van der Waals surface area contributed by atoms with Crippen molar-refractivity contribution in [2.24, 2.45) is 15.7 Å². The molecule has 2 aliphatic rings. The number of carbonyl (C=O) groups excluding carboxylic acids is 1. The van der Waals surface area contributed by atoms with Crippen molar-refractivity contribution in [3.8, 4) is 0 Å². The number of anilines is 1. The zero-order chi connectivity index (χ0) is 26.4. The summed E-state index contributed by atoms with van der Waals surface area (Å²) in [5, 5.41) is 2.41. The van der Waals surface area contributed by atoms with Crippen molar-refractivity contribution in [1.82, 2.24) is 14.8 Å². The summed E-state index contributed by atoms with van der Waals surface area (Å²) >= 11 is 0. The molecule has 1 fully saturated rings. The molecule has 3 N–H and O–H groups in total. The van der Waals surface area contributed by atoms with Gasteiger partial charge in [-0.3, -0.25) is 14.7 Å². The lowest BCUT2D eigenvalue weighted by molar-refractivity contribution is -0.137. The first kappa shape index (κ1) is 26.1. The number of aliphatic imine (C=N–C) groups is 2. The Morgan fingerprint density at radius 1 is 1.14 bits per heavy atom. The van der Waals surface area contributed by atoms with E-state index in [1.54, 1.807) is 30.5 Å². The van der Waals surface area contributed by atoms with Crippen LogP contribution in [0.2, 0.25) is 0 Å². The largest absolute Gasteiger partial charge is 0.416 e. The number of nitrogens with one attached hydrogen (secondary N) is 1. The van der Waals surface area contributed by atoms with Gasteiger partial charge in [0, 0.05) is 24.2 Å². The second-order valence-electron chi connectivity index (χ2n) is 8.81. The van der Waals surface area contributed by atoms with Crippen molar-refractivity contribution >= 4 is 30.0 Å². The van der Waals surface area contributed by atoms with E-state index in [4.69, 9.17) is 5.73 Å². The van der Waals surface area contributed by atoms with Crippen LogP contribution in [0.1, 0.15) is 36.0 Å². The van der Waals surface area contributed by atoms with Crippen molar-refractivity contribution in [2.75, 3.05) is 25.1 Å². The topological polar surface area (TPSA) is 99.2 Å². The molecular formula is C26H28F3N7O. The molecule has 2 aromatic rings. The first-order valence-corrected chi connectivity index (χ1v) is 11.9. The van der Waals surface area contributed by atoms with Crippen LogP contribution >= 0.6 is 0 Å². The fourth-order valence-corrected chi connectivity index (χ4v) is 4.30. The van der Waals surface area contributed by atoms with Gasteiger partial charge in [-0.25, -0.2) is 9.98 Å². The molecule has 11 heteroatoms. The van der Waals surface area contributed by atoms with E-state index in [1.807, 2.05) is 11.1 Å². The number of nitrogens with zero attached hydrogens (tertiary/aromatic N) is 5. The second-order valence-corrected chi connectivity index (χ2v) is 8.81. The van der Waals surface area contributed by atoms with Crippen LogP contribution in [0.25, 0.3) is 5.70 Å². The molecule has 0 radical (unpaired) electrons. The molecule has 0 bridgehead atoms. The summed E-state index contributed by atoms with van der Waals surface area (Å²) in [4.78, 5) is 29.1. The van der Waals surface area contributed by atoms with Gasteiger partial charge >= 0.3 is 6.18 Å². The molecule has 0 unspecified atom stereocenters. The summed E-state index contributed by atoms with van der Waals surface area (Å²) in [7, 11) is 0. The van der Waals surface area contributed by atoms with Gasteiger partial charge in [-0.2, -0.15) is 13.2 Å². The Bertz CT molecular complexity index is 1230. The molecule has 1 aromatic carbocycles. The van der Waals surface area contributed by atoms with Gasteiger partial charge in [0.1, 0.15) is 17.4 Å². The average molecular weight is 512 g/mol. The number of rotatable bonds is 7. The smallest absolute Gasteiger partial charge is 0.382 e. The van der Waals surface area contributed by atoms with Crippen molar-refractivity contribution in [3.05, 3.63) is 77.4 Å². The molecule has 1 amide bonds. The third-order valence-electron chi connectivity index (χ3n) is 6.12. The van der Waals surface area contributed by atoms with E-state index in [9.17, 15) is 18.0 Å². The Balaban J connectivity index is 1.48. The molecule has 1 aromatic heterocycles. The number of nitrogens with two attached hydrogens (primary N) is 1. The summed E-state index contributed by atoms with van der Waals surface area (Å²) in [6.07, 6.45) is 3.52. The molecule has 0 aliphatic carbocycles. The number of carbonyl (C=O) groups is 1. The maximum Gasteiger partial charge on any atom is 0.416 e. The Morgan fingerprint density at radius 2 is 1.86 bits per heavy atom. The van der Waals surface area contributed by atoms with Crippen LogP contribution in [0, 0.1) is 0 Å². The number of hydrogen-bond acceptors (Lipinski definition) is 7. The molecule has 0 spiro atoms. The first-order chi connectivity index (χ1) is 17.7. The van der Waals surface area contributed by atoms with Crippen molar-refractivity contribution < 1.29 is 18.0 Å². The Hall–Kier alpha value is -3.99. The Kier molecular flexibility index (Phi) is 8.02. The second kappa shape index (κ2) is 11.4. The number of amides is 1. The minimum Gasteiger partial charge on any atom is -0.382 e. The van der Waals surface area contributed by atoms with Gasteiger partial charge in [-0.05, 0) is 50.3 Å². The number of aromatic nitrogens is 1. The normalized spacial score (nSPS) is 17.8. The van der Waals surface area contributed by atoms with Crippen molar-refractivity contribution in [3.63, 3.8) is 0 Å². The SMILES string of the molecule is C=N/C(=C1/C(N)=NC=CN1CN1CCCCC1)c1ccc(CC(=O)Nc2cc(C(F)(F)F)ccn2)cc1. The monoisotopic (exact) mass is 511 g/mol. The Labute approximate surface area is 213 Å².